The third kappa shape index (κ3) is 2.62. The summed E-state index contributed by atoms with van der Waals surface area (Å²) < 4.78 is 14.8. The zero-order valence-corrected chi connectivity index (χ0v) is 10.9. The monoisotopic (exact) mass is 263 g/mol. The molecule has 6 heteroatoms. The van der Waals surface area contributed by atoms with E-state index in [1.165, 1.54) is 16.8 Å². The molecule has 19 heavy (non-hydrogen) atoms. The van der Waals surface area contributed by atoms with E-state index in [-0.39, 0.29) is 11.7 Å². The van der Waals surface area contributed by atoms with Crippen LogP contribution in [0.4, 0.5) is 4.39 Å². The first-order chi connectivity index (χ1) is 8.88. The Kier molecular flexibility index (Phi) is 3.33. The zero-order valence-electron chi connectivity index (χ0n) is 10.9. The number of carboxylic acid groups (broad SMARTS) is 1. The second kappa shape index (κ2) is 4.79. The maximum absolute atomic E-state index is 13.4. The highest BCUT2D eigenvalue weighted by molar-refractivity contribution is 5.83. The van der Waals surface area contributed by atoms with Crippen molar-refractivity contribution in [2.24, 2.45) is 0 Å². The number of nitrogens with zero attached hydrogens (tertiary/aromatic N) is 3. The maximum Gasteiger partial charge on any atom is 0.375 e. The molecule has 0 radical (unpaired) electrons. The van der Waals surface area contributed by atoms with Gasteiger partial charge in [-0.2, -0.15) is 0 Å². The summed E-state index contributed by atoms with van der Waals surface area (Å²) in [5.41, 5.74) is 1.21. The number of aromatic carboxylic acids is 1. The molecule has 2 aromatic rings. The van der Waals surface area contributed by atoms with Crippen molar-refractivity contribution < 1.29 is 14.3 Å². The Morgan fingerprint density at radius 2 is 2.05 bits per heavy atom. The highest BCUT2D eigenvalue weighted by atomic mass is 19.1. The molecule has 0 atom stereocenters. The summed E-state index contributed by atoms with van der Waals surface area (Å²) in [7, 11) is 0. The van der Waals surface area contributed by atoms with Gasteiger partial charge >= 0.3 is 5.97 Å². The lowest BCUT2D eigenvalue weighted by molar-refractivity contribution is 0.0683. The van der Waals surface area contributed by atoms with Gasteiger partial charge in [-0.3, -0.25) is 0 Å². The fraction of sp³-hybridized carbons (Fsp3) is 0.308. The van der Waals surface area contributed by atoms with Crippen LogP contribution in [0.3, 0.4) is 0 Å². The first-order valence-electron chi connectivity index (χ1n) is 5.86. The molecule has 100 valence electrons. The summed E-state index contributed by atoms with van der Waals surface area (Å²) in [6, 6.07) is 4.43. The maximum atomic E-state index is 13.4. The Bertz CT molecular complexity index is 615. The van der Waals surface area contributed by atoms with Crippen LogP contribution < -0.4 is 0 Å². The molecule has 1 N–H and O–H groups in total. The number of benzene rings is 1. The second-order valence-electron chi connectivity index (χ2n) is 4.65. The normalized spacial score (nSPS) is 11.0. The number of hydrogen-bond acceptors (Lipinski definition) is 3. The Morgan fingerprint density at radius 3 is 2.58 bits per heavy atom. The van der Waals surface area contributed by atoms with Gasteiger partial charge in [-0.05, 0) is 30.7 Å². The average Bonchev–Trinajstić information content (AvgIpc) is 2.72. The molecule has 1 aromatic heterocycles. The Balaban J connectivity index is 2.62. The molecule has 0 saturated carbocycles. The molecular formula is C13H14FN3O2. The Morgan fingerprint density at radius 1 is 1.37 bits per heavy atom. The SMILES string of the molecule is Cc1cc(F)cc(-n2nc(C(=O)O)nc2C(C)C)c1. The average molecular weight is 263 g/mol. The van der Waals surface area contributed by atoms with Gasteiger partial charge in [0.1, 0.15) is 11.6 Å². The van der Waals surface area contributed by atoms with E-state index in [9.17, 15) is 9.18 Å². The smallest absolute Gasteiger partial charge is 0.375 e. The van der Waals surface area contributed by atoms with Gasteiger partial charge in [0.05, 0.1) is 5.69 Å². The van der Waals surface area contributed by atoms with E-state index in [1.54, 1.807) is 13.0 Å². The number of hydrogen-bond donors (Lipinski definition) is 1. The lowest BCUT2D eigenvalue weighted by Gasteiger charge is -2.09. The lowest BCUT2D eigenvalue weighted by Crippen LogP contribution is -2.05. The van der Waals surface area contributed by atoms with Gasteiger partial charge < -0.3 is 5.11 Å². The Hall–Kier alpha value is -2.24. The minimum atomic E-state index is -1.20. The van der Waals surface area contributed by atoms with Crippen molar-refractivity contribution in [2.45, 2.75) is 26.7 Å². The van der Waals surface area contributed by atoms with Crippen LogP contribution >= 0.6 is 0 Å². The fourth-order valence-corrected chi connectivity index (χ4v) is 1.82. The quantitative estimate of drug-likeness (QED) is 0.924. The van der Waals surface area contributed by atoms with Gasteiger partial charge in [0.15, 0.2) is 0 Å². The van der Waals surface area contributed by atoms with E-state index < -0.39 is 11.8 Å². The molecule has 0 unspecified atom stereocenters. The first kappa shape index (κ1) is 13.2. The Labute approximate surface area is 109 Å². The highest BCUT2D eigenvalue weighted by Crippen LogP contribution is 2.19. The van der Waals surface area contributed by atoms with Gasteiger partial charge in [-0.15, -0.1) is 5.10 Å². The molecule has 1 heterocycles. The van der Waals surface area contributed by atoms with E-state index in [0.29, 0.717) is 11.5 Å². The van der Waals surface area contributed by atoms with Crippen molar-refractivity contribution in [3.8, 4) is 5.69 Å². The summed E-state index contributed by atoms with van der Waals surface area (Å²) in [6.45, 7) is 5.51. The number of aromatic nitrogens is 3. The van der Waals surface area contributed by atoms with E-state index in [2.05, 4.69) is 10.1 Å². The van der Waals surface area contributed by atoms with E-state index in [1.807, 2.05) is 13.8 Å². The summed E-state index contributed by atoms with van der Waals surface area (Å²) in [6.07, 6.45) is 0. The number of aryl methyl sites for hydroxylation is 1. The standard InChI is InChI=1S/C13H14FN3O2/c1-7(2)12-15-11(13(18)19)16-17(12)10-5-8(3)4-9(14)6-10/h4-7H,1-3H3,(H,18,19). The summed E-state index contributed by atoms with van der Waals surface area (Å²) >= 11 is 0. The molecule has 0 aliphatic rings. The molecule has 2 rings (SSSR count). The van der Waals surface area contributed by atoms with Gasteiger partial charge in [0, 0.05) is 5.92 Å². The zero-order chi connectivity index (χ0) is 14.2. The molecule has 0 aliphatic heterocycles. The van der Waals surface area contributed by atoms with Crippen molar-refractivity contribution in [1.82, 2.24) is 14.8 Å². The molecule has 0 amide bonds. The fourth-order valence-electron chi connectivity index (χ4n) is 1.82. The van der Waals surface area contributed by atoms with E-state index in [0.717, 1.165) is 5.56 Å². The van der Waals surface area contributed by atoms with Crippen molar-refractivity contribution >= 4 is 5.97 Å². The van der Waals surface area contributed by atoms with Gasteiger partial charge in [-0.1, -0.05) is 13.8 Å². The molecular weight excluding hydrogens is 249 g/mol. The van der Waals surface area contributed by atoms with E-state index >= 15 is 0 Å². The van der Waals surface area contributed by atoms with Crippen molar-refractivity contribution in [1.29, 1.82) is 0 Å². The molecule has 0 bridgehead atoms. The lowest BCUT2D eigenvalue weighted by atomic mass is 10.2. The molecule has 1 aromatic carbocycles. The first-order valence-corrected chi connectivity index (χ1v) is 5.86. The van der Waals surface area contributed by atoms with Gasteiger partial charge in [-0.25, -0.2) is 18.9 Å². The third-order valence-corrected chi connectivity index (χ3v) is 2.61. The van der Waals surface area contributed by atoms with Crippen LogP contribution in [-0.4, -0.2) is 25.8 Å². The minimum absolute atomic E-state index is 0.0239. The van der Waals surface area contributed by atoms with Crippen LogP contribution in [0.25, 0.3) is 5.69 Å². The van der Waals surface area contributed by atoms with E-state index in [4.69, 9.17) is 5.11 Å². The molecule has 5 nitrogen and oxygen atoms in total. The number of carbonyl (C=O) groups is 1. The topological polar surface area (TPSA) is 68.0 Å². The summed E-state index contributed by atoms with van der Waals surface area (Å²) in [4.78, 5) is 14.9. The highest BCUT2D eigenvalue weighted by Gasteiger charge is 2.19. The largest absolute Gasteiger partial charge is 0.475 e. The predicted octanol–water partition coefficient (Wildman–Crippen LogP) is 2.54. The number of carboxylic acids is 1. The molecule has 0 spiro atoms. The van der Waals surface area contributed by atoms with Crippen molar-refractivity contribution in [3.63, 3.8) is 0 Å². The molecule has 0 fully saturated rings. The predicted molar refractivity (Wildman–Crippen MR) is 67.1 cm³/mol. The van der Waals surface area contributed by atoms with Gasteiger partial charge in [0.2, 0.25) is 0 Å². The van der Waals surface area contributed by atoms with Gasteiger partial charge in [0.25, 0.3) is 5.82 Å². The third-order valence-electron chi connectivity index (χ3n) is 2.61. The molecule has 0 saturated heterocycles. The summed E-state index contributed by atoms with van der Waals surface area (Å²) in [5.74, 6) is -1.41. The molecule has 0 aliphatic carbocycles. The minimum Gasteiger partial charge on any atom is -0.475 e. The van der Waals surface area contributed by atoms with Crippen molar-refractivity contribution in [3.05, 3.63) is 41.2 Å². The second-order valence-corrected chi connectivity index (χ2v) is 4.65. The van der Waals surface area contributed by atoms with Crippen LogP contribution in [0.5, 0.6) is 0 Å². The number of halogens is 1. The van der Waals surface area contributed by atoms with Crippen molar-refractivity contribution in [2.75, 3.05) is 0 Å². The number of rotatable bonds is 3. The van der Waals surface area contributed by atoms with Crippen LogP contribution in [0.1, 0.15) is 41.8 Å². The van der Waals surface area contributed by atoms with Crippen LogP contribution in [-0.2, 0) is 0 Å². The van der Waals surface area contributed by atoms with Crippen LogP contribution in [0, 0.1) is 12.7 Å². The van der Waals surface area contributed by atoms with Crippen LogP contribution in [0.2, 0.25) is 0 Å². The van der Waals surface area contributed by atoms with Crippen LogP contribution in [0.15, 0.2) is 18.2 Å². The summed E-state index contributed by atoms with van der Waals surface area (Å²) in [5, 5.41) is 12.9.